The molecule has 174 valence electrons. The van der Waals surface area contributed by atoms with Gasteiger partial charge in [-0.1, -0.05) is 6.07 Å². The second-order valence-electron chi connectivity index (χ2n) is 8.20. The first kappa shape index (κ1) is 21.8. The summed E-state index contributed by atoms with van der Waals surface area (Å²) >= 11 is 0. The summed E-state index contributed by atoms with van der Waals surface area (Å²) in [5.74, 6) is 2.47. The minimum absolute atomic E-state index is 0.437. The van der Waals surface area contributed by atoms with Gasteiger partial charge in [0.25, 0.3) is 0 Å². The Kier molecular flexibility index (Phi) is 6.05. The monoisotopic (exact) mass is 457 g/mol. The molecule has 1 aliphatic rings. The summed E-state index contributed by atoms with van der Waals surface area (Å²) in [5.41, 5.74) is 4.23. The molecule has 0 spiro atoms. The maximum Gasteiger partial charge on any atom is 0.229 e. The molecule has 0 atom stereocenters. The van der Waals surface area contributed by atoms with E-state index in [1.54, 1.807) is 19.5 Å². The number of pyridine rings is 1. The highest BCUT2D eigenvalue weighted by molar-refractivity contribution is 5.83. The van der Waals surface area contributed by atoms with Crippen molar-refractivity contribution in [2.45, 2.75) is 0 Å². The van der Waals surface area contributed by atoms with Crippen molar-refractivity contribution in [3.05, 3.63) is 48.9 Å². The van der Waals surface area contributed by atoms with Gasteiger partial charge in [0.2, 0.25) is 5.95 Å². The number of nitrogens with one attached hydrogen (secondary N) is 2. The van der Waals surface area contributed by atoms with Gasteiger partial charge in [-0.05, 0) is 24.3 Å². The van der Waals surface area contributed by atoms with E-state index in [-0.39, 0.29) is 0 Å². The fraction of sp³-hybridized carbons (Fsp3) is 0.292. The molecule has 1 aliphatic heterocycles. The van der Waals surface area contributed by atoms with Crippen molar-refractivity contribution in [3.63, 3.8) is 0 Å². The highest BCUT2D eigenvalue weighted by atomic mass is 16.5. The first-order valence-electron chi connectivity index (χ1n) is 11.1. The number of hydrogen-bond acceptors (Lipinski definition) is 10. The number of fused-ring (bicyclic) bond motifs is 1. The molecule has 0 unspecified atom stereocenters. The van der Waals surface area contributed by atoms with E-state index >= 15 is 0 Å². The Bertz CT molecular complexity index is 1290. The molecule has 4 heterocycles. The number of aromatic nitrogens is 5. The Labute approximate surface area is 198 Å². The lowest BCUT2D eigenvalue weighted by Gasteiger charge is -2.29. The van der Waals surface area contributed by atoms with Gasteiger partial charge in [0.15, 0.2) is 5.75 Å². The lowest BCUT2D eigenvalue weighted by atomic mass is 10.1. The summed E-state index contributed by atoms with van der Waals surface area (Å²) < 4.78 is 5.54. The number of ether oxygens (including phenoxy) is 1. The average molecular weight is 458 g/mol. The van der Waals surface area contributed by atoms with Crippen LogP contribution in [-0.2, 0) is 0 Å². The first-order valence-corrected chi connectivity index (χ1v) is 11.1. The van der Waals surface area contributed by atoms with Crippen LogP contribution in [0.4, 0.5) is 23.3 Å². The van der Waals surface area contributed by atoms with E-state index in [4.69, 9.17) is 14.7 Å². The third-order valence-corrected chi connectivity index (χ3v) is 5.71. The molecule has 5 rings (SSSR count). The summed E-state index contributed by atoms with van der Waals surface area (Å²) in [6.45, 7) is 3.93. The van der Waals surface area contributed by atoms with Crippen LogP contribution < -0.4 is 25.2 Å². The van der Waals surface area contributed by atoms with Crippen LogP contribution in [-0.4, -0.2) is 72.3 Å². The van der Waals surface area contributed by atoms with E-state index in [9.17, 15) is 0 Å². The van der Waals surface area contributed by atoms with Gasteiger partial charge >= 0.3 is 0 Å². The van der Waals surface area contributed by atoms with Crippen molar-refractivity contribution < 1.29 is 4.74 Å². The van der Waals surface area contributed by atoms with E-state index in [2.05, 4.69) is 36.6 Å². The average Bonchev–Trinajstić information content (AvgIpc) is 2.89. The molecule has 0 bridgehead atoms. The Morgan fingerprint density at radius 2 is 1.79 bits per heavy atom. The van der Waals surface area contributed by atoms with Gasteiger partial charge in [-0.2, -0.15) is 0 Å². The third-order valence-electron chi connectivity index (χ3n) is 5.71. The van der Waals surface area contributed by atoms with E-state index in [1.807, 2.05) is 49.5 Å². The van der Waals surface area contributed by atoms with Crippen LogP contribution >= 0.6 is 0 Å². The highest BCUT2D eigenvalue weighted by Crippen LogP contribution is 2.31. The molecule has 3 aromatic heterocycles. The van der Waals surface area contributed by atoms with Gasteiger partial charge in [0.1, 0.15) is 17.3 Å². The molecule has 0 radical (unpaired) electrons. The van der Waals surface area contributed by atoms with E-state index in [0.29, 0.717) is 23.2 Å². The number of benzene rings is 1. The van der Waals surface area contributed by atoms with Crippen LogP contribution in [0.15, 0.2) is 48.9 Å². The summed E-state index contributed by atoms with van der Waals surface area (Å²) in [5, 5.41) is 6.57. The van der Waals surface area contributed by atoms with Gasteiger partial charge in [-0.25, -0.2) is 19.9 Å². The van der Waals surface area contributed by atoms with Crippen LogP contribution in [0.1, 0.15) is 0 Å². The van der Waals surface area contributed by atoms with Crippen LogP contribution in [0.2, 0.25) is 0 Å². The number of rotatable bonds is 6. The van der Waals surface area contributed by atoms with Crippen molar-refractivity contribution in [1.82, 2.24) is 30.2 Å². The van der Waals surface area contributed by atoms with Gasteiger partial charge in [0.05, 0.1) is 42.4 Å². The zero-order valence-electron chi connectivity index (χ0n) is 19.5. The van der Waals surface area contributed by atoms with Crippen LogP contribution in [0.25, 0.3) is 22.3 Å². The summed E-state index contributed by atoms with van der Waals surface area (Å²) in [6.07, 6.45) is 5.30. The molecule has 4 aromatic rings. The van der Waals surface area contributed by atoms with Gasteiger partial charge < -0.3 is 25.2 Å². The quantitative estimate of drug-likeness (QED) is 0.449. The first-order chi connectivity index (χ1) is 16.6. The molecule has 2 N–H and O–H groups in total. The topological polar surface area (TPSA) is 104 Å². The fourth-order valence-electron chi connectivity index (χ4n) is 3.84. The molecule has 34 heavy (non-hydrogen) atoms. The van der Waals surface area contributed by atoms with Crippen molar-refractivity contribution >= 4 is 34.3 Å². The Balaban J connectivity index is 1.42. The van der Waals surface area contributed by atoms with Crippen molar-refractivity contribution in [2.24, 2.45) is 0 Å². The van der Waals surface area contributed by atoms with E-state index in [0.717, 1.165) is 54.3 Å². The molecule has 1 fully saturated rings. The Hall–Kier alpha value is -4.05. The number of anilines is 4. The Morgan fingerprint density at radius 3 is 2.53 bits per heavy atom. The van der Waals surface area contributed by atoms with Crippen molar-refractivity contribution in [3.8, 4) is 17.0 Å². The predicted molar refractivity (Wildman–Crippen MR) is 134 cm³/mol. The number of piperazine rings is 1. The summed E-state index contributed by atoms with van der Waals surface area (Å²) in [7, 11) is 5.49. The normalized spacial score (nSPS) is 13.7. The van der Waals surface area contributed by atoms with Gasteiger partial charge in [0, 0.05) is 45.8 Å². The maximum atomic E-state index is 5.54. The second kappa shape index (κ2) is 9.44. The van der Waals surface area contributed by atoms with E-state index < -0.39 is 0 Å². The molecular weight excluding hydrogens is 430 g/mol. The minimum atomic E-state index is 0.437. The number of nitrogens with zero attached hydrogens (tertiary/aromatic N) is 7. The SMILES string of the molecule is COc1cnc(Nc2ccc(N3CCNCC3)cn2)nc1-c1ccc2ncc(N(C)C)nc2c1. The van der Waals surface area contributed by atoms with E-state index in [1.165, 1.54) is 0 Å². The predicted octanol–water partition coefficient (Wildman–Crippen LogP) is 2.71. The highest BCUT2D eigenvalue weighted by Gasteiger charge is 2.14. The fourth-order valence-corrected chi connectivity index (χ4v) is 3.84. The molecular formula is C24H27N9O. The molecule has 0 aliphatic carbocycles. The number of hydrogen-bond donors (Lipinski definition) is 2. The van der Waals surface area contributed by atoms with Crippen LogP contribution in [0, 0.1) is 0 Å². The lowest BCUT2D eigenvalue weighted by molar-refractivity contribution is 0.413. The third kappa shape index (κ3) is 4.53. The summed E-state index contributed by atoms with van der Waals surface area (Å²) in [4.78, 5) is 27.1. The molecule has 10 nitrogen and oxygen atoms in total. The standard InChI is InChI=1S/C24H27N9O/c1-32(2)22-15-26-18-6-4-16(12-19(18)29-22)23-20(34-3)14-28-24(31-23)30-21-7-5-17(13-27-21)33-10-8-25-9-11-33/h4-7,12-15,25H,8-11H2,1-3H3,(H,27,28,30,31). The summed E-state index contributed by atoms with van der Waals surface area (Å²) in [6, 6.07) is 9.86. The molecule has 1 saturated heterocycles. The van der Waals surface area contributed by atoms with Gasteiger partial charge in [-0.3, -0.25) is 4.98 Å². The Morgan fingerprint density at radius 1 is 0.941 bits per heavy atom. The van der Waals surface area contributed by atoms with Crippen molar-refractivity contribution in [2.75, 3.05) is 62.5 Å². The maximum absolute atomic E-state index is 5.54. The zero-order valence-corrected chi connectivity index (χ0v) is 19.5. The largest absolute Gasteiger partial charge is 0.493 e. The van der Waals surface area contributed by atoms with Crippen LogP contribution in [0.5, 0.6) is 5.75 Å². The second-order valence-corrected chi connectivity index (χ2v) is 8.20. The molecule has 0 amide bonds. The molecule has 0 saturated carbocycles. The molecule has 10 heteroatoms. The zero-order chi connectivity index (χ0) is 23.5. The van der Waals surface area contributed by atoms with Crippen molar-refractivity contribution in [1.29, 1.82) is 0 Å². The molecule has 1 aromatic carbocycles. The minimum Gasteiger partial charge on any atom is -0.493 e. The smallest absolute Gasteiger partial charge is 0.229 e. The van der Waals surface area contributed by atoms with Gasteiger partial charge in [-0.15, -0.1) is 0 Å². The number of methoxy groups -OCH3 is 1. The lowest BCUT2D eigenvalue weighted by Crippen LogP contribution is -2.43. The van der Waals surface area contributed by atoms with Crippen LogP contribution in [0.3, 0.4) is 0 Å².